The number of rotatable bonds is 11. The molecule has 0 saturated heterocycles. The third-order valence-corrected chi connectivity index (χ3v) is 3.32. The summed E-state index contributed by atoms with van der Waals surface area (Å²) in [5.41, 5.74) is 0. The molecular formula is C11H22FKO3S. The molecular weight excluding hydrogens is 270 g/mol. The predicted molar refractivity (Wildman–Crippen MR) is 62.1 cm³/mol. The fraction of sp³-hybridized carbons (Fsp3) is 1.00. The third-order valence-electron chi connectivity index (χ3n) is 2.53. The molecule has 0 amide bonds. The quantitative estimate of drug-likeness (QED) is 0.306. The van der Waals surface area contributed by atoms with Crippen molar-refractivity contribution < 1.29 is 68.7 Å². The Hall–Kier alpha value is 1.48. The summed E-state index contributed by atoms with van der Waals surface area (Å²) in [4.78, 5) is 0. The molecule has 3 nitrogen and oxygen atoms in total. The van der Waals surface area contributed by atoms with Crippen LogP contribution in [-0.2, 0) is 10.1 Å². The molecule has 0 fully saturated rings. The number of unbranched alkanes of at least 4 members (excludes halogenated alkanes) is 8. The van der Waals surface area contributed by atoms with Gasteiger partial charge in [0.2, 0.25) is 0 Å². The Morgan fingerprint density at radius 2 is 1.12 bits per heavy atom. The number of halogens is 1. The monoisotopic (exact) mass is 292 g/mol. The van der Waals surface area contributed by atoms with Gasteiger partial charge in [-0.2, -0.15) is 0 Å². The second-order valence-electron chi connectivity index (χ2n) is 4.13. The molecule has 0 aromatic carbocycles. The van der Waals surface area contributed by atoms with E-state index in [0.717, 1.165) is 44.9 Å². The Morgan fingerprint density at radius 3 is 1.47 bits per heavy atom. The molecule has 0 atom stereocenters. The van der Waals surface area contributed by atoms with E-state index in [4.69, 9.17) is 0 Å². The second-order valence-corrected chi connectivity index (χ2v) is 5.66. The van der Waals surface area contributed by atoms with Crippen LogP contribution in [0.3, 0.4) is 0 Å². The summed E-state index contributed by atoms with van der Waals surface area (Å²) in [5, 5.41) is 0. The van der Waals surface area contributed by atoms with E-state index in [1.165, 1.54) is 0 Å². The van der Waals surface area contributed by atoms with Crippen LogP contribution in [0, 0.1) is 0 Å². The fourth-order valence-electron chi connectivity index (χ4n) is 1.61. The van der Waals surface area contributed by atoms with Gasteiger partial charge < -0.3 is 4.55 Å². The van der Waals surface area contributed by atoms with E-state index in [2.05, 4.69) is 0 Å². The van der Waals surface area contributed by atoms with E-state index < -0.39 is 10.1 Å². The van der Waals surface area contributed by atoms with E-state index in [0.29, 0.717) is 12.8 Å². The van der Waals surface area contributed by atoms with Crippen LogP contribution in [0.5, 0.6) is 0 Å². The summed E-state index contributed by atoms with van der Waals surface area (Å²) in [6, 6.07) is 0. The molecule has 17 heavy (non-hydrogen) atoms. The van der Waals surface area contributed by atoms with Crippen molar-refractivity contribution in [3.05, 3.63) is 0 Å². The van der Waals surface area contributed by atoms with Crippen LogP contribution in [0.2, 0.25) is 0 Å². The van der Waals surface area contributed by atoms with Crippen LogP contribution in [0.4, 0.5) is 4.39 Å². The topological polar surface area (TPSA) is 57.2 Å². The van der Waals surface area contributed by atoms with Crippen molar-refractivity contribution in [2.24, 2.45) is 0 Å². The molecule has 0 unspecified atom stereocenters. The summed E-state index contributed by atoms with van der Waals surface area (Å²) in [6.45, 7) is -0.219. The van der Waals surface area contributed by atoms with Gasteiger partial charge in [0.05, 0.1) is 16.8 Å². The molecule has 0 rings (SSSR count). The molecule has 0 saturated carbocycles. The Kier molecular flexibility index (Phi) is 17.0. The minimum absolute atomic E-state index is 0. The van der Waals surface area contributed by atoms with Crippen LogP contribution < -0.4 is 51.4 Å². The first kappa shape index (κ1) is 20.8. The summed E-state index contributed by atoms with van der Waals surface area (Å²) in [6.07, 6.45) is 8.31. The normalized spacial score (nSPS) is 11.2. The van der Waals surface area contributed by atoms with Crippen molar-refractivity contribution in [2.45, 2.75) is 57.8 Å². The zero-order valence-electron chi connectivity index (χ0n) is 10.8. The maximum atomic E-state index is 11.7. The minimum atomic E-state index is -4.02. The van der Waals surface area contributed by atoms with Crippen LogP contribution in [-0.4, -0.2) is 25.4 Å². The van der Waals surface area contributed by atoms with Crippen LogP contribution >= 0.6 is 0 Å². The summed E-state index contributed by atoms with van der Waals surface area (Å²) < 4.78 is 42.6. The molecule has 0 radical (unpaired) electrons. The fourth-order valence-corrected chi connectivity index (χ4v) is 2.17. The maximum absolute atomic E-state index is 11.7. The van der Waals surface area contributed by atoms with Gasteiger partial charge in [0.25, 0.3) is 0 Å². The molecule has 6 heteroatoms. The Bertz CT molecular complexity index is 245. The van der Waals surface area contributed by atoms with Gasteiger partial charge in [0.1, 0.15) is 0 Å². The summed E-state index contributed by atoms with van der Waals surface area (Å²) >= 11 is 0. The molecule has 0 N–H and O–H groups in total. The average molecular weight is 292 g/mol. The largest absolute Gasteiger partial charge is 1.00 e. The van der Waals surface area contributed by atoms with Gasteiger partial charge in [-0.1, -0.05) is 44.9 Å². The number of hydrogen-bond acceptors (Lipinski definition) is 3. The van der Waals surface area contributed by atoms with Crippen LogP contribution in [0.25, 0.3) is 0 Å². The predicted octanol–water partition coefficient (Wildman–Crippen LogP) is 0.0160. The standard InChI is InChI=1S/C11H23FO3S.K/c12-10-8-6-4-2-1-3-5-7-9-11-16(13,14)15;/h1-11H2,(H,13,14,15);/q;+1/p-1. The number of alkyl halides is 1. The van der Waals surface area contributed by atoms with Crippen molar-refractivity contribution >= 4 is 10.1 Å². The van der Waals surface area contributed by atoms with Gasteiger partial charge in [-0.15, -0.1) is 0 Å². The molecule has 0 aliphatic carbocycles. The average Bonchev–Trinajstić information content (AvgIpc) is 2.19. The first-order valence-corrected chi connectivity index (χ1v) is 7.63. The first-order chi connectivity index (χ1) is 7.56. The Morgan fingerprint density at radius 1 is 0.765 bits per heavy atom. The minimum Gasteiger partial charge on any atom is -0.748 e. The van der Waals surface area contributed by atoms with E-state index in [1.807, 2.05) is 0 Å². The molecule has 0 aliphatic heterocycles. The van der Waals surface area contributed by atoms with Crippen LogP contribution in [0.1, 0.15) is 57.8 Å². The van der Waals surface area contributed by atoms with E-state index in [9.17, 15) is 17.4 Å². The van der Waals surface area contributed by atoms with Gasteiger partial charge >= 0.3 is 51.4 Å². The van der Waals surface area contributed by atoms with Crippen molar-refractivity contribution in [2.75, 3.05) is 12.4 Å². The van der Waals surface area contributed by atoms with Gasteiger partial charge in [0, 0.05) is 5.75 Å². The van der Waals surface area contributed by atoms with Crippen molar-refractivity contribution in [3.63, 3.8) is 0 Å². The molecule has 0 aromatic heterocycles. The molecule has 0 aromatic rings. The molecule has 0 heterocycles. The van der Waals surface area contributed by atoms with Gasteiger partial charge in [-0.3, -0.25) is 4.39 Å². The summed E-state index contributed by atoms with van der Waals surface area (Å²) in [5.74, 6) is -0.233. The maximum Gasteiger partial charge on any atom is 1.00 e. The molecule has 98 valence electrons. The van der Waals surface area contributed by atoms with Crippen molar-refractivity contribution in [1.29, 1.82) is 0 Å². The van der Waals surface area contributed by atoms with Gasteiger partial charge in [0.15, 0.2) is 0 Å². The summed E-state index contributed by atoms with van der Waals surface area (Å²) in [7, 11) is -4.02. The zero-order valence-corrected chi connectivity index (χ0v) is 14.7. The van der Waals surface area contributed by atoms with E-state index in [1.54, 1.807) is 0 Å². The van der Waals surface area contributed by atoms with Crippen LogP contribution in [0.15, 0.2) is 0 Å². The molecule has 0 aliphatic rings. The Labute approximate surface area is 147 Å². The van der Waals surface area contributed by atoms with E-state index >= 15 is 0 Å². The number of hydrogen-bond donors (Lipinski definition) is 0. The second kappa shape index (κ2) is 13.9. The van der Waals surface area contributed by atoms with Gasteiger partial charge in [-0.05, 0) is 12.8 Å². The van der Waals surface area contributed by atoms with E-state index in [-0.39, 0.29) is 63.8 Å². The van der Waals surface area contributed by atoms with Crippen molar-refractivity contribution in [3.8, 4) is 0 Å². The smallest absolute Gasteiger partial charge is 0.748 e. The molecule has 0 bridgehead atoms. The third kappa shape index (κ3) is 20.0. The van der Waals surface area contributed by atoms with Crippen molar-refractivity contribution in [1.82, 2.24) is 0 Å². The van der Waals surface area contributed by atoms with Gasteiger partial charge in [-0.25, -0.2) is 8.42 Å². The zero-order chi connectivity index (χ0) is 12.3. The SMILES string of the molecule is O=S(=O)([O-])CCCCCCCCCCCF.[K+]. The first-order valence-electron chi connectivity index (χ1n) is 6.06. The Balaban J connectivity index is 0. The molecule has 0 spiro atoms.